The van der Waals surface area contributed by atoms with E-state index < -0.39 is 0 Å². The van der Waals surface area contributed by atoms with Crippen molar-refractivity contribution in [2.24, 2.45) is 0 Å². The Morgan fingerprint density at radius 2 is 1.95 bits per heavy atom. The van der Waals surface area contributed by atoms with Gasteiger partial charge in [0, 0.05) is 19.5 Å². The van der Waals surface area contributed by atoms with Crippen molar-refractivity contribution < 1.29 is 9.59 Å². The summed E-state index contributed by atoms with van der Waals surface area (Å²) in [5, 5.41) is 9.59. The second-order valence-corrected chi connectivity index (χ2v) is 4.20. The number of nitrogens with zero attached hydrogens (tertiary/aromatic N) is 2. The van der Waals surface area contributed by atoms with Crippen molar-refractivity contribution in [3.8, 4) is 5.69 Å². The molecule has 0 saturated heterocycles. The Kier molecular flexibility index (Phi) is 4.14. The highest BCUT2D eigenvalue weighted by Gasteiger charge is 2.15. The Balaban J connectivity index is 2.43. The van der Waals surface area contributed by atoms with Gasteiger partial charge in [0.1, 0.15) is 5.82 Å². The molecule has 2 N–H and O–H groups in total. The number of benzene rings is 1. The average Bonchev–Trinajstić information content (AvgIpc) is 2.83. The minimum atomic E-state index is -0.270. The highest BCUT2D eigenvalue weighted by molar-refractivity contribution is 5.95. The third kappa shape index (κ3) is 3.03. The first kappa shape index (κ1) is 13.8. The first-order valence-corrected chi connectivity index (χ1v) is 6.33. The van der Waals surface area contributed by atoms with Crippen LogP contribution in [0, 0.1) is 0 Å². The standard InChI is InChI=1S/C14H16N4O2/c1-3-15-14(20)12-9-13(16-10(2)19)18(17-12)11-7-5-4-6-8-11/h4-9H,3H2,1-2H3,(H,15,20)(H,16,19). The van der Waals surface area contributed by atoms with Gasteiger partial charge in [-0.05, 0) is 19.1 Å². The van der Waals surface area contributed by atoms with E-state index in [0.717, 1.165) is 5.69 Å². The SMILES string of the molecule is CCNC(=O)c1cc(NC(C)=O)n(-c2ccccc2)n1. The number of aromatic nitrogens is 2. The van der Waals surface area contributed by atoms with Gasteiger partial charge in [0.2, 0.25) is 5.91 Å². The quantitative estimate of drug-likeness (QED) is 0.887. The Labute approximate surface area is 116 Å². The van der Waals surface area contributed by atoms with Crippen LogP contribution in [-0.2, 0) is 4.79 Å². The first-order chi connectivity index (χ1) is 9.61. The van der Waals surface area contributed by atoms with Gasteiger partial charge in [0.05, 0.1) is 5.69 Å². The maximum Gasteiger partial charge on any atom is 0.271 e. The average molecular weight is 272 g/mol. The number of hydrogen-bond acceptors (Lipinski definition) is 3. The van der Waals surface area contributed by atoms with Crippen LogP contribution in [0.25, 0.3) is 5.69 Å². The lowest BCUT2D eigenvalue weighted by Gasteiger charge is -2.06. The minimum Gasteiger partial charge on any atom is -0.351 e. The van der Waals surface area contributed by atoms with Crippen molar-refractivity contribution in [3.05, 3.63) is 42.1 Å². The van der Waals surface area contributed by atoms with Crippen molar-refractivity contribution in [2.45, 2.75) is 13.8 Å². The van der Waals surface area contributed by atoms with Gasteiger partial charge in [-0.25, -0.2) is 4.68 Å². The fourth-order valence-corrected chi connectivity index (χ4v) is 1.78. The summed E-state index contributed by atoms with van der Waals surface area (Å²) in [7, 11) is 0. The highest BCUT2D eigenvalue weighted by atomic mass is 16.2. The number of nitrogens with one attached hydrogen (secondary N) is 2. The number of hydrogen-bond donors (Lipinski definition) is 2. The molecule has 0 saturated carbocycles. The topological polar surface area (TPSA) is 76.0 Å². The van der Waals surface area contributed by atoms with E-state index in [2.05, 4.69) is 15.7 Å². The molecule has 0 aliphatic heterocycles. The number of amides is 2. The van der Waals surface area contributed by atoms with Crippen LogP contribution in [-0.4, -0.2) is 28.1 Å². The summed E-state index contributed by atoms with van der Waals surface area (Å²) in [4.78, 5) is 23.1. The van der Waals surface area contributed by atoms with Crippen molar-refractivity contribution in [2.75, 3.05) is 11.9 Å². The zero-order valence-electron chi connectivity index (χ0n) is 11.4. The summed E-state index contributed by atoms with van der Waals surface area (Å²) < 4.78 is 1.53. The van der Waals surface area contributed by atoms with Gasteiger partial charge in [-0.2, -0.15) is 5.10 Å². The molecule has 2 amide bonds. The van der Waals surface area contributed by atoms with Crippen molar-refractivity contribution in [1.29, 1.82) is 0 Å². The van der Waals surface area contributed by atoms with E-state index in [9.17, 15) is 9.59 Å². The van der Waals surface area contributed by atoms with Crippen LogP contribution in [0.4, 0.5) is 5.82 Å². The van der Waals surface area contributed by atoms with Crippen LogP contribution in [0.15, 0.2) is 36.4 Å². The maximum absolute atomic E-state index is 11.8. The van der Waals surface area contributed by atoms with Crippen molar-refractivity contribution >= 4 is 17.6 Å². The molecule has 0 bridgehead atoms. The maximum atomic E-state index is 11.8. The molecule has 1 aromatic heterocycles. The van der Waals surface area contributed by atoms with Crippen LogP contribution < -0.4 is 10.6 Å². The van der Waals surface area contributed by atoms with Crippen LogP contribution >= 0.6 is 0 Å². The van der Waals surface area contributed by atoms with E-state index in [0.29, 0.717) is 12.4 Å². The molecule has 1 aromatic carbocycles. The van der Waals surface area contributed by atoms with Crippen LogP contribution in [0.5, 0.6) is 0 Å². The molecular formula is C14H16N4O2. The number of rotatable bonds is 4. The lowest BCUT2D eigenvalue weighted by Crippen LogP contribution is -2.23. The number of carbonyl (C=O) groups excluding carboxylic acids is 2. The third-order valence-corrected chi connectivity index (χ3v) is 2.58. The third-order valence-electron chi connectivity index (χ3n) is 2.58. The second-order valence-electron chi connectivity index (χ2n) is 4.20. The van der Waals surface area contributed by atoms with Crippen molar-refractivity contribution in [3.63, 3.8) is 0 Å². The van der Waals surface area contributed by atoms with E-state index in [4.69, 9.17) is 0 Å². The summed E-state index contributed by atoms with van der Waals surface area (Å²) in [6, 6.07) is 10.9. The largest absolute Gasteiger partial charge is 0.351 e. The van der Waals surface area contributed by atoms with Gasteiger partial charge >= 0.3 is 0 Å². The fourth-order valence-electron chi connectivity index (χ4n) is 1.78. The molecule has 0 atom stereocenters. The van der Waals surface area contributed by atoms with E-state index >= 15 is 0 Å². The Bertz CT molecular complexity index is 619. The fraction of sp³-hybridized carbons (Fsp3) is 0.214. The monoisotopic (exact) mass is 272 g/mol. The normalized spacial score (nSPS) is 10.1. The molecule has 2 aromatic rings. The zero-order chi connectivity index (χ0) is 14.5. The molecule has 1 heterocycles. The summed E-state index contributed by atoms with van der Waals surface area (Å²) in [6.45, 7) is 3.77. The van der Waals surface area contributed by atoms with E-state index in [1.807, 2.05) is 37.3 Å². The molecule has 0 radical (unpaired) electrons. The predicted octanol–water partition coefficient (Wildman–Crippen LogP) is 1.58. The highest BCUT2D eigenvalue weighted by Crippen LogP contribution is 2.17. The Hall–Kier alpha value is -2.63. The second kappa shape index (κ2) is 6.01. The number of carbonyl (C=O) groups is 2. The van der Waals surface area contributed by atoms with Crippen LogP contribution in [0.3, 0.4) is 0 Å². The molecule has 20 heavy (non-hydrogen) atoms. The molecule has 6 nitrogen and oxygen atoms in total. The molecule has 2 rings (SSSR count). The van der Waals surface area contributed by atoms with Gasteiger partial charge in [0.25, 0.3) is 5.91 Å². The zero-order valence-corrected chi connectivity index (χ0v) is 11.4. The summed E-state index contributed by atoms with van der Waals surface area (Å²) in [5.41, 5.74) is 1.03. The Morgan fingerprint density at radius 1 is 1.25 bits per heavy atom. The lowest BCUT2D eigenvalue weighted by atomic mass is 10.3. The summed E-state index contributed by atoms with van der Waals surface area (Å²) in [6.07, 6.45) is 0. The first-order valence-electron chi connectivity index (χ1n) is 6.33. The van der Waals surface area contributed by atoms with Gasteiger partial charge in [-0.1, -0.05) is 18.2 Å². The van der Waals surface area contributed by atoms with Gasteiger partial charge in [-0.15, -0.1) is 0 Å². The lowest BCUT2D eigenvalue weighted by molar-refractivity contribution is -0.114. The number of para-hydroxylation sites is 1. The van der Waals surface area contributed by atoms with E-state index in [-0.39, 0.29) is 17.5 Å². The van der Waals surface area contributed by atoms with Gasteiger partial charge in [-0.3, -0.25) is 9.59 Å². The van der Waals surface area contributed by atoms with Gasteiger partial charge < -0.3 is 10.6 Å². The molecule has 0 spiro atoms. The molecule has 0 aliphatic rings. The predicted molar refractivity (Wildman–Crippen MR) is 75.9 cm³/mol. The van der Waals surface area contributed by atoms with E-state index in [1.165, 1.54) is 11.6 Å². The van der Waals surface area contributed by atoms with E-state index in [1.54, 1.807) is 6.07 Å². The van der Waals surface area contributed by atoms with Crippen molar-refractivity contribution in [1.82, 2.24) is 15.1 Å². The molecule has 0 unspecified atom stereocenters. The summed E-state index contributed by atoms with van der Waals surface area (Å²) in [5.74, 6) is -0.0248. The molecular weight excluding hydrogens is 256 g/mol. The number of anilines is 1. The minimum absolute atomic E-state index is 0.218. The van der Waals surface area contributed by atoms with Crippen LogP contribution in [0.2, 0.25) is 0 Å². The Morgan fingerprint density at radius 3 is 2.55 bits per heavy atom. The van der Waals surface area contributed by atoms with Crippen LogP contribution in [0.1, 0.15) is 24.3 Å². The molecule has 0 aliphatic carbocycles. The molecule has 104 valence electrons. The smallest absolute Gasteiger partial charge is 0.271 e. The summed E-state index contributed by atoms with van der Waals surface area (Å²) >= 11 is 0. The molecule has 0 fully saturated rings. The molecule has 6 heteroatoms. The van der Waals surface area contributed by atoms with Gasteiger partial charge in [0.15, 0.2) is 5.69 Å².